The van der Waals surface area contributed by atoms with Crippen molar-refractivity contribution in [2.75, 3.05) is 0 Å². The van der Waals surface area contributed by atoms with Crippen molar-refractivity contribution in [1.29, 1.82) is 0 Å². The van der Waals surface area contributed by atoms with Gasteiger partial charge in [0.1, 0.15) is 0 Å². The van der Waals surface area contributed by atoms with Crippen LogP contribution in [0.1, 0.15) is 13.8 Å². The maximum Gasteiger partial charge on any atom is 4.00 e. The minimum atomic E-state index is -1.91. The van der Waals surface area contributed by atoms with E-state index in [1.54, 1.807) is 0 Å². The van der Waals surface area contributed by atoms with Gasteiger partial charge in [-0.1, -0.05) is 97.3 Å². The van der Waals surface area contributed by atoms with E-state index in [1.165, 1.54) is 21.1 Å². The van der Waals surface area contributed by atoms with E-state index in [-0.39, 0.29) is 58.9 Å². The Morgan fingerprint density at radius 3 is 1.52 bits per heavy atom. The molecule has 0 radical (unpaired) electrons. The molecule has 5 heteroatoms. The number of benzene rings is 2. The monoisotopic (exact) mass is 442 g/mol. The smallest absolute Gasteiger partial charge is 1.00 e. The number of hydrogen-bond donors (Lipinski definition) is 0. The maximum atomic E-state index is 3.57. The summed E-state index contributed by atoms with van der Waals surface area (Å²) in [6, 6.07) is 22.0. The van der Waals surface area contributed by atoms with Gasteiger partial charge < -0.3 is 37.2 Å². The average molecular weight is 444 g/mol. The predicted octanol–water partition coefficient (Wildman–Crippen LogP) is -5.25. The van der Waals surface area contributed by atoms with Gasteiger partial charge in [0.2, 0.25) is 0 Å². The summed E-state index contributed by atoms with van der Waals surface area (Å²) in [4.78, 5) is 0. The predicted molar refractivity (Wildman–Crippen MR) is 93.4 cm³/mol. The fourth-order valence-electron chi connectivity index (χ4n) is 3.40. The summed E-state index contributed by atoms with van der Waals surface area (Å²) in [5, 5.41) is 4.46. The number of halogens is 3. The fourth-order valence-corrected chi connectivity index (χ4v) is 7.48. The first-order valence-corrected chi connectivity index (χ1v) is 10.1. The van der Waals surface area contributed by atoms with E-state index in [0.29, 0.717) is 5.92 Å². The van der Waals surface area contributed by atoms with Crippen LogP contribution in [0.5, 0.6) is 0 Å². The van der Waals surface area contributed by atoms with Crippen LogP contribution in [-0.4, -0.2) is 8.07 Å². The van der Waals surface area contributed by atoms with Crippen LogP contribution in [0.25, 0.3) is 0 Å². The zero-order valence-corrected chi connectivity index (χ0v) is 19.4. The molecule has 2 aromatic rings. The zero-order chi connectivity index (χ0) is 14.9. The third kappa shape index (κ3) is 5.35. The summed E-state index contributed by atoms with van der Waals surface area (Å²) >= 11 is 0. The van der Waals surface area contributed by atoms with Crippen LogP contribution in [0.2, 0.25) is 6.55 Å². The Hall–Kier alpha value is -0.279. The van der Waals surface area contributed by atoms with E-state index in [0.717, 1.165) is 0 Å². The standard InChI is InChI=1S/C20H21Si.3ClH.Ti/c1-16-14-17(2)20(15-16)21(3,18-10-6-4-7-11-18)19-12-8-5-9-13-19;;;;/h4-13,15-16H,1-3H3;3*1H;/q-1;;;;+4/p-3. The second-order valence-electron chi connectivity index (χ2n) is 6.00. The molecule has 0 nitrogen and oxygen atoms in total. The molecule has 1 aliphatic rings. The molecule has 0 bridgehead atoms. The average Bonchev–Trinajstić information content (AvgIpc) is 2.87. The van der Waals surface area contributed by atoms with Crippen LogP contribution in [0, 0.1) is 12.0 Å². The molecule has 0 saturated heterocycles. The van der Waals surface area contributed by atoms with E-state index in [2.05, 4.69) is 93.2 Å². The first-order chi connectivity index (χ1) is 10.1. The van der Waals surface area contributed by atoms with Crippen molar-refractivity contribution < 1.29 is 58.9 Å². The largest absolute Gasteiger partial charge is 4.00 e. The van der Waals surface area contributed by atoms with Gasteiger partial charge in [-0.2, -0.15) is 11.3 Å². The van der Waals surface area contributed by atoms with Gasteiger partial charge in [0, 0.05) is 0 Å². The molecule has 25 heavy (non-hydrogen) atoms. The molecule has 130 valence electrons. The van der Waals surface area contributed by atoms with Crippen molar-refractivity contribution in [3.8, 4) is 0 Å². The molecule has 1 unspecified atom stereocenters. The Bertz CT molecular complexity index is 660. The molecule has 0 fully saturated rings. The Morgan fingerprint density at radius 1 is 0.800 bits per heavy atom. The second kappa shape index (κ2) is 11.4. The van der Waals surface area contributed by atoms with Gasteiger partial charge in [0.05, 0.1) is 8.07 Å². The minimum absolute atomic E-state index is 0. The van der Waals surface area contributed by atoms with Gasteiger partial charge in [-0.3, -0.25) is 6.08 Å². The molecular weight excluding hydrogens is 423 g/mol. The van der Waals surface area contributed by atoms with Crippen molar-refractivity contribution in [2.24, 2.45) is 5.92 Å². The van der Waals surface area contributed by atoms with Crippen molar-refractivity contribution in [3.63, 3.8) is 0 Å². The fraction of sp³-hybridized carbons (Fsp3) is 0.200. The summed E-state index contributed by atoms with van der Waals surface area (Å²) in [5.41, 5.74) is 1.34. The summed E-state index contributed by atoms with van der Waals surface area (Å²) < 4.78 is 0. The van der Waals surface area contributed by atoms with E-state index >= 15 is 0 Å². The summed E-state index contributed by atoms with van der Waals surface area (Å²) in [7, 11) is -1.91. The summed E-state index contributed by atoms with van der Waals surface area (Å²) in [5.74, 6) is 0.430. The quantitative estimate of drug-likeness (QED) is 0.329. The Balaban J connectivity index is 0. The molecule has 1 atom stereocenters. The minimum Gasteiger partial charge on any atom is -1.00 e. The zero-order valence-electron chi connectivity index (χ0n) is 14.6. The first-order valence-electron chi connectivity index (χ1n) is 7.56. The van der Waals surface area contributed by atoms with Crippen LogP contribution in [-0.2, 0) is 21.7 Å². The Morgan fingerprint density at radius 2 is 1.20 bits per heavy atom. The molecule has 1 aliphatic carbocycles. The molecular formula is C20H21Cl3SiTi. The van der Waals surface area contributed by atoms with Crippen molar-refractivity contribution in [2.45, 2.75) is 20.4 Å². The molecule has 0 aromatic heterocycles. The molecule has 0 aliphatic heterocycles. The Kier molecular flexibility index (Phi) is 12.3. The number of rotatable bonds is 3. The van der Waals surface area contributed by atoms with Gasteiger partial charge in [-0.25, -0.2) is 5.57 Å². The van der Waals surface area contributed by atoms with Gasteiger partial charge in [0.25, 0.3) is 0 Å². The van der Waals surface area contributed by atoms with Crippen LogP contribution < -0.4 is 47.6 Å². The first kappa shape index (κ1) is 26.9. The van der Waals surface area contributed by atoms with Gasteiger partial charge in [-0.15, -0.1) is 0 Å². The molecule has 3 rings (SSSR count). The normalized spacial score (nSPS) is 15.4. The van der Waals surface area contributed by atoms with Crippen LogP contribution in [0.4, 0.5) is 0 Å². The summed E-state index contributed by atoms with van der Waals surface area (Å²) in [6.07, 6.45) is 5.99. The maximum absolute atomic E-state index is 3.57. The third-order valence-electron chi connectivity index (χ3n) is 4.51. The van der Waals surface area contributed by atoms with Crippen molar-refractivity contribution >= 4 is 18.4 Å². The molecule has 0 spiro atoms. The molecule has 0 N–H and O–H groups in total. The van der Waals surface area contributed by atoms with Crippen LogP contribution in [0.15, 0.2) is 77.5 Å². The van der Waals surface area contributed by atoms with E-state index < -0.39 is 8.07 Å². The third-order valence-corrected chi connectivity index (χ3v) is 9.10. The number of allylic oxidation sites excluding steroid dienone is 4. The van der Waals surface area contributed by atoms with Crippen LogP contribution >= 0.6 is 0 Å². The van der Waals surface area contributed by atoms with Gasteiger partial charge >= 0.3 is 21.7 Å². The Labute approximate surface area is 186 Å². The number of hydrogen-bond acceptors (Lipinski definition) is 0. The van der Waals surface area contributed by atoms with E-state index in [1.807, 2.05) is 0 Å². The SMILES string of the molecule is CC1=[C-]C(C)C=C1[Si](C)(c1ccccc1)c1ccccc1.[Cl-].[Cl-].[Cl-].[Ti+4]. The van der Waals surface area contributed by atoms with Crippen LogP contribution in [0.3, 0.4) is 0 Å². The van der Waals surface area contributed by atoms with Gasteiger partial charge in [0.15, 0.2) is 0 Å². The van der Waals surface area contributed by atoms with Gasteiger partial charge in [-0.05, 0) is 0 Å². The van der Waals surface area contributed by atoms with Crippen molar-refractivity contribution in [1.82, 2.24) is 0 Å². The van der Waals surface area contributed by atoms with E-state index in [9.17, 15) is 0 Å². The molecule has 2 aromatic carbocycles. The topological polar surface area (TPSA) is 0 Å². The van der Waals surface area contributed by atoms with Crippen molar-refractivity contribution in [3.05, 3.63) is 83.6 Å². The molecule has 0 amide bonds. The second-order valence-corrected chi connectivity index (χ2v) is 9.94. The summed E-state index contributed by atoms with van der Waals surface area (Å²) in [6.45, 7) is 6.90. The van der Waals surface area contributed by atoms with E-state index in [4.69, 9.17) is 0 Å². The molecule has 0 saturated carbocycles. The molecule has 0 heterocycles.